The maximum absolute atomic E-state index is 13.2. The fourth-order valence-corrected chi connectivity index (χ4v) is 0.908. The normalized spacial score (nSPS) is 12.9. The van der Waals surface area contributed by atoms with Crippen LogP contribution in [0.15, 0.2) is 34.5 Å². The maximum Gasteiger partial charge on any atom is 0.343 e. The third-order valence-electron chi connectivity index (χ3n) is 1.51. The van der Waals surface area contributed by atoms with Crippen LogP contribution in [-0.2, 0) is 14.3 Å². The second kappa shape index (κ2) is 7.05. The van der Waals surface area contributed by atoms with Crippen LogP contribution in [0, 0.1) is 0 Å². The Morgan fingerprint density at radius 2 is 2.19 bits per heavy atom. The second-order valence-electron chi connectivity index (χ2n) is 2.59. The molecule has 6 heteroatoms. The molecular formula is C10H12BrFO4. The molecule has 0 heterocycles. The summed E-state index contributed by atoms with van der Waals surface area (Å²) in [5, 5.41) is 9.40. The smallest absolute Gasteiger partial charge is 0.343 e. The van der Waals surface area contributed by atoms with Gasteiger partial charge in [0.15, 0.2) is 24.0 Å². The predicted octanol–water partition coefficient (Wildman–Crippen LogP) is 2.73. The van der Waals surface area contributed by atoms with Gasteiger partial charge in [0.25, 0.3) is 0 Å². The third-order valence-corrected chi connectivity index (χ3v) is 1.86. The predicted molar refractivity (Wildman–Crippen MR) is 60.6 cm³/mol. The summed E-state index contributed by atoms with van der Waals surface area (Å²) < 4.78 is 22.3. The maximum atomic E-state index is 13.2. The first-order valence-corrected chi connectivity index (χ1v) is 5.03. The molecule has 0 rings (SSSR count). The molecule has 0 atom stereocenters. The Labute approximate surface area is 101 Å². The topological polar surface area (TPSA) is 55.8 Å². The number of halogens is 2. The van der Waals surface area contributed by atoms with Gasteiger partial charge in [0.05, 0.1) is 11.6 Å². The first kappa shape index (κ1) is 14.7. The number of methoxy groups -OCH3 is 1. The lowest BCUT2D eigenvalue weighted by Crippen LogP contribution is -2.11. The highest BCUT2D eigenvalue weighted by Crippen LogP contribution is 2.23. The average Bonchev–Trinajstić information content (AvgIpc) is 2.27. The Bertz CT molecular complexity index is 347. The van der Waals surface area contributed by atoms with Crippen LogP contribution in [0.5, 0.6) is 0 Å². The van der Waals surface area contributed by atoms with Gasteiger partial charge in [0.2, 0.25) is 0 Å². The molecule has 0 saturated carbocycles. The van der Waals surface area contributed by atoms with Crippen molar-refractivity contribution in [2.75, 3.05) is 13.7 Å². The molecular weight excluding hydrogens is 283 g/mol. The van der Waals surface area contributed by atoms with Gasteiger partial charge >= 0.3 is 5.97 Å². The molecule has 0 radical (unpaired) electrons. The monoisotopic (exact) mass is 294 g/mol. The quantitative estimate of drug-likeness (QED) is 0.481. The zero-order valence-corrected chi connectivity index (χ0v) is 10.5. The number of aliphatic hydroxyl groups excluding tert-OH is 1. The van der Waals surface area contributed by atoms with Crippen molar-refractivity contribution in [1.82, 2.24) is 0 Å². The summed E-state index contributed by atoms with van der Waals surface area (Å²) in [5.74, 6) is -2.49. The van der Waals surface area contributed by atoms with Gasteiger partial charge in [0, 0.05) is 0 Å². The molecule has 0 aliphatic carbocycles. The summed E-state index contributed by atoms with van der Waals surface area (Å²) in [4.78, 5) is 10.8. The Kier molecular flexibility index (Phi) is 6.48. The number of rotatable bonds is 5. The fourth-order valence-electron chi connectivity index (χ4n) is 0.721. The average molecular weight is 295 g/mol. The second-order valence-corrected chi connectivity index (χ2v) is 3.54. The van der Waals surface area contributed by atoms with Crippen LogP contribution in [0.25, 0.3) is 0 Å². The van der Waals surface area contributed by atoms with Gasteiger partial charge in [-0.3, -0.25) is 0 Å². The van der Waals surface area contributed by atoms with Crippen LogP contribution >= 0.6 is 15.9 Å². The van der Waals surface area contributed by atoms with E-state index < -0.39 is 24.2 Å². The van der Waals surface area contributed by atoms with Gasteiger partial charge in [-0.15, -0.1) is 0 Å². The number of esters is 1. The van der Waals surface area contributed by atoms with E-state index in [9.17, 15) is 14.3 Å². The van der Waals surface area contributed by atoms with Crippen molar-refractivity contribution >= 4 is 21.9 Å². The van der Waals surface area contributed by atoms with Gasteiger partial charge in [-0.05, 0) is 28.9 Å². The van der Waals surface area contributed by atoms with Gasteiger partial charge in [-0.1, -0.05) is 6.58 Å². The van der Waals surface area contributed by atoms with Gasteiger partial charge in [-0.2, -0.15) is 0 Å². The minimum absolute atomic E-state index is 0.119. The van der Waals surface area contributed by atoms with Gasteiger partial charge < -0.3 is 14.6 Å². The summed E-state index contributed by atoms with van der Waals surface area (Å²) in [7, 11) is 1.19. The highest BCUT2D eigenvalue weighted by molar-refractivity contribution is 9.11. The summed E-state index contributed by atoms with van der Waals surface area (Å²) >= 11 is 2.77. The van der Waals surface area contributed by atoms with E-state index in [4.69, 9.17) is 4.74 Å². The lowest BCUT2D eigenvalue weighted by molar-refractivity contribution is -0.144. The van der Waals surface area contributed by atoms with E-state index >= 15 is 0 Å². The summed E-state index contributed by atoms with van der Waals surface area (Å²) in [6, 6.07) is 0. The standard InChI is InChI=1S/C10H12BrFO4/c1-4-7(16-5-8(13)15-3)10(14)9(12)6(2)11/h4,14H,2,5H2,1,3H3/b7-4+,10-9-. The van der Waals surface area contributed by atoms with E-state index in [-0.39, 0.29) is 10.2 Å². The molecule has 0 spiro atoms. The Morgan fingerprint density at radius 3 is 2.56 bits per heavy atom. The number of hydrogen-bond donors (Lipinski definition) is 1. The fraction of sp³-hybridized carbons (Fsp3) is 0.300. The molecule has 0 bridgehead atoms. The number of aliphatic hydroxyl groups is 1. The molecule has 0 aliphatic heterocycles. The largest absolute Gasteiger partial charge is 0.502 e. The highest BCUT2D eigenvalue weighted by Gasteiger charge is 2.14. The number of carbonyl (C=O) groups is 1. The molecule has 90 valence electrons. The molecule has 0 aromatic heterocycles. The van der Waals surface area contributed by atoms with Crippen LogP contribution < -0.4 is 0 Å². The number of allylic oxidation sites excluding steroid dienone is 3. The lowest BCUT2D eigenvalue weighted by Gasteiger charge is -2.09. The number of hydrogen-bond acceptors (Lipinski definition) is 4. The van der Waals surface area contributed by atoms with E-state index in [1.807, 2.05) is 0 Å². The molecule has 0 aromatic rings. The molecule has 0 saturated heterocycles. The number of carbonyl (C=O) groups excluding carboxylic acids is 1. The molecule has 1 N–H and O–H groups in total. The molecule has 0 unspecified atom stereocenters. The number of ether oxygens (including phenoxy) is 2. The van der Waals surface area contributed by atoms with E-state index in [0.717, 1.165) is 0 Å². The van der Waals surface area contributed by atoms with E-state index in [1.165, 1.54) is 20.1 Å². The van der Waals surface area contributed by atoms with Crippen molar-refractivity contribution in [2.45, 2.75) is 6.92 Å². The van der Waals surface area contributed by atoms with Crippen molar-refractivity contribution in [2.24, 2.45) is 0 Å². The Morgan fingerprint density at radius 1 is 1.62 bits per heavy atom. The van der Waals surface area contributed by atoms with Crippen LogP contribution in [0.2, 0.25) is 0 Å². The summed E-state index contributed by atoms with van der Waals surface area (Å²) in [5.41, 5.74) is 0. The third kappa shape index (κ3) is 4.48. The van der Waals surface area contributed by atoms with Crippen LogP contribution in [0.4, 0.5) is 4.39 Å². The highest BCUT2D eigenvalue weighted by atomic mass is 79.9. The zero-order chi connectivity index (χ0) is 12.7. The first-order chi connectivity index (χ1) is 7.43. The van der Waals surface area contributed by atoms with E-state index in [1.54, 1.807) is 0 Å². The van der Waals surface area contributed by atoms with Crippen molar-refractivity contribution in [1.29, 1.82) is 0 Å². The summed E-state index contributed by atoms with van der Waals surface area (Å²) in [6.45, 7) is 4.36. The van der Waals surface area contributed by atoms with E-state index in [0.29, 0.717) is 0 Å². The summed E-state index contributed by atoms with van der Waals surface area (Å²) in [6.07, 6.45) is 1.31. The van der Waals surface area contributed by atoms with Crippen LogP contribution in [0.3, 0.4) is 0 Å². The SMILES string of the molecule is C=C(Br)/C(F)=C(O)\C(=C/C)OCC(=O)OC. The minimum atomic E-state index is -0.960. The molecule has 0 aliphatic rings. The van der Waals surface area contributed by atoms with Crippen LogP contribution in [0.1, 0.15) is 6.92 Å². The van der Waals surface area contributed by atoms with Crippen molar-refractivity contribution in [3.05, 3.63) is 34.5 Å². The molecule has 0 aromatic carbocycles. The van der Waals surface area contributed by atoms with Crippen molar-refractivity contribution in [3.8, 4) is 0 Å². The molecule has 0 fully saturated rings. The van der Waals surface area contributed by atoms with E-state index in [2.05, 4.69) is 27.2 Å². The first-order valence-electron chi connectivity index (χ1n) is 4.23. The zero-order valence-electron chi connectivity index (χ0n) is 8.92. The molecule has 0 amide bonds. The van der Waals surface area contributed by atoms with Crippen molar-refractivity contribution < 1.29 is 23.8 Å². The van der Waals surface area contributed by atoms with Gasteiger partial charge in [-0.25, -0.2) is 9.18 Å². The minimum Gasteiger partial charge on any atom is -0.502 e. The molecule has 4 nitrogen and oxygen atoms in total. The van der Waals surface area contributed by atoms with Crippen molar-refractivity contribution in [3.63, 3.8) is 0 Å². The van der Waals surface area contributed by atoms with Gasteiger partial charge in [0.1, 0.15) is 0 Å². The van der Waals surface area contributed by atoms with Crippen LogP contribution in [-0.4, -0.2) is 24.8 Å². The molecule has 16 heavy (non-hydrogen) atoms. The lowest BCUT2D eigenvalue weighted by atomic mass is 10.3. The Balaban J connectivity index is 4.71. The Hall–Kier alpha value is -1.30.